The van der Waals surface area contributed by atoms with Crippen molar-refractivity contribution >= 4 is 29.1 Å². The monoisotopic (exact) mass is 299 g/mol. The van der Waals surface area contributed by atoms with E-state index in [1.54, 1.807) is 24.3 Å². The van der Waals surface area contributed by atoms with Gasteiger partial charge in [0.05, 0.1) is 17.5 Å². The molecule has 3 fully saturated rings. The Morgan fingerprint density at radius 3 is 2.19 bits per heavy atom. The molecule has 0 aromatic heterocycles. The molecule has 0 N–H and O–H groups in total. The van der Waals surface area contributed by atoms with Gasteiger partial charge in [-0.3, -0.25) is 9.59 Å². The zero-order valence-electron chi connectivity index (χ0n) is 11.3. The second-order valence-corrected chi connectivity index (χ2v) is 7.15. The number of rotatable bonds is 1. The number of nitrogens with zero attached hydrogens (tertiary/aromatic N) is 1. The van der Waals surface area contributed by atoms with Gasteiger partial charge >= 0.3 is 0 Å². The van der Waals surface area contributed by atoms with Crippen molar-refractivity contribution in [3.05, 3.63) is 41.4 Å². The standard InChI is InChI=1S/C17H14ClNO2/c18-9-2-1-3-10(8-9)19-15(20)13-11-4-5-12(14(13)16(19)21)17(11)6-7-17/h1-5,8,11-14H,6-7H2/t11-,12-,13-,14-/m1/s1. The Morgan fingerprint density at radius 2 is 1.67 bits per heavy atom. The number of hydrogen-bond donors (Lipinski definition) is 0. The molecule has 1 aromatic rings. The number of carbonyl (C=O) groups is 2. The highest BCUT2D eigenvalue weighted by Gasteiger charge is 2.73. The Bertz CT molecular complexity index is 687. The zero-order chi connectivity index (χ0) is 14.4. The number of amides is 2. The summed E-state index contributed by atoms with van der Waals surface area (Å²) in [5, 5.41) is 0.546. The maximum Gasteiger partial charge on any atom is 0.238 e. The van der Waals surface area contributed by atoms with Crippen molar-refractivity contribution in [3.8, 4) is 0 Å². The van der Waals surface area contributed by atoms with Crippen LogP contribution in [0.3, 0.4) is 0 Å². The van der Waals surface area contributed by atoms with Crippen molar-refractivity contribution < 1.29 is 9.59 Å². The van der Waals surface area contributed by atoms with E-state index in [0.29, 0.717) is 10.7 Å². The van der Waals surface area contributed by atoms with Gasteiger partial charge in [-0.05, 0) is 48.3 Å². The van der Waals surface area contributed by atoms with E-state index in [2.05, 4.69) is 12.2 Å². The molecule has 2 saturated carbocycles. The molecule has 0 unspecified atom stereocenters. The lowest BCUT2D eigenvalue weighted by Gasteiger charge is -2.21. The molecule has 2 amide bonds. The van der Waals surface area contributed by atoms with Gasteiger partial charge in [0.1, 0.15) is 0 Å². The van der Waals surface area contributed by atoms with E-state index >= 15 is 0 Å². The number of halogens is 1. The van der Waals surface area contributed by atoms with Crippen LogP contribution in [0.5, 0.6) is 0 Å². The van der Waals surface area contributed by atoms with Gasteiger partial charge in [-0.1, -0.05) is 29.8 Å². The third-order valence-electron chi connectivity index (χ3n) is 5.92. The van der Waals surface area contributed by atoms with Crippen LogP contribution < -0.4 is 4.90 Å². The third kappa shape index (κ3) is 1.27. The number of allylic oxidation sites excluding steroid dienone is 2. The van der Waals surface area contributed by atoms with Crippen LogP contribution in [-0.4, -0.2) is 11.8 Å². The Balaban J connectivity index is 1.59. The Morgan fingerprint density at radius 1 is 1.05 bits per heavy atom. The molecule has 4 heteroatoms. The predicted octanol–water partition coefficient (Wildman–Crippen LogP) is 3.04. The number of anilines is 1. The summed E-state index contributed by atoms with van der Waals surface area (Å²) in [4.78, 5) is 27.0. The van der Waals surface area contributed by atoms with Crippen molar-refractivity contribution in [3.63, 3.8) is 0 Å². The van der Waals surface area contributed by atoms with E-state index in [4.69, 9.17) is 11.6 Å². The zero-order valence-corrected chi connectivity index (χ0v) is 12.1. The van der Waals surface area contributed by atoms with E-state index in [-0.39, 0.29) is 40.9 Å². The maximum absolute atomic E-state index is 12.8. The van der Waals surface area contributed by atoms with Crippen LogP contribution in [-0.2, 0) is 9.59 Å². The van der Waals surface area contributed by atoms with Gasteiger partial charge in [0, 0.05) is 5.02 Å². The fourth-order valence-corrected chi connectivity index (χ4v) is 5.13. The molecule has 1 aliphatic heterocycles. The summed E-state index contributed by atoms with van der Waals surface area (Å²) >= 11 is 6.00. The molecular weight excluding hydrogens is 286 g/mol. The molecule has 2 bridgehead atoms. The Hall–Kier alpha value is -1.61. The van der Waals surface area contributed by atoms with Crippen molar-refractivity contribution in [2.24, 2.45) is 29.1 Å². The summed E-state index contributed by atoms with van der Waals surface area (Å²) in [5.74, 6) is 0.190. The van der Waals surface area contributed by atoms with Crippen LogP contribution in [0, 0.1) is 29.1 Å². The molecule has 4 aliphatic rings. The molecule has 1 spiro atoms. The average molecular weight is 300 g/mol. The highest BCUT2D eigenvalue weighted by Crippen LogP contribution is 2.73. The summed E-state index contributed by atoms with van der Waals surface area (Å²) in [5.41, 5.74) is 0.859. The Labute approximate surface area is 127 Å². The third-order valence-corrected chi connectivity index (χ3v) is 6.15. The fraction of sp³-hybridized carbons (Fsp3) is 0.412. The molecular formula is C17H14ClNO2. The molecule has 106 valence electrons. The van der Waals surface area contributed by atoms with Gasteiger partial charge in [0.25, 0.3) is 0 Å². The minimum Gasteiger partial charge on any atom is -0.274 e. The van der Waals surface area contributed by atoms with E-state index in [0.717, 1.165) is 0 Å². The minimum absolute atomic E-state index is 0.0320. The highest BCUT2D eigenvalue weighted by molar-refractivity contribution is 6.31. The normalized spacial score (nSPS) is 37.7. The van der Waals surface area contributed by atoms with Crippen LogP contribution in [0.25, 0.3) is 0 Å². The van der Waals surface area contributed by atoms with Crippen molar-refractivity contribution in [2.45, 2.75) is 12.8 Å². The van der Waals surface area contributed by atoms with Gasteiger partial charge in [-0.2, -0.15) is 0 Å². The van der Waals surface area contributed by atoms with Gasteiger partial charge in [-0.15, -0.1) is 0 Å². The lowest BCUT2D eigenvalue weighted by Crippen LogP contribution is -2.34. The average Bonchev–Trinajstić information content (AvgIpc) is 3.05. The summed E-state index contributed by atoms with van der Waals surface area (Å²) in [6.45, 7) is 0. The van der Waals surface area contributed by atoms with E-state index in [9.17, 15) is 9.59 Å². The summed E-state index contributed by atoms with van der Waals surface area (Å²) in [6, 6.07) is 7.01. The summed E-state index contributed by atoms with van der Waals surface area (Å²) < 4.78 is 0. The van der Waals surface area contributed by atoms with Crippen molar-refractivity contribution in [1.29, 1.82) is 0 Å². The predicted molar refractivity (Wildman–Crippen MR) is 78.7 cm³/mol. The second-order valence-electron chi connectivity index (χ2n) is 6.71. The topological polar surface area (TPSA) is 37.4 Å². The molecule has 1 heterocycles. The molecule has 1 saturated heterocycles. The minimum atomic E-state index is -0.144. The van der Waals surface area contributed by atoms with Crippen LogP contribution in [0.15, 0.2) is 36.4 Å². The quantitative estimate of drug-likeness (QED) is 0.590. The second kappa shape index (κ2) is 3.58. The van der Waals surface area contributed by atoms with Gasteiger partial charge < -0.3 is 0 Å². The number of imide groups is 1. The molecule has 0 radical (unpaired) electrons. The first-order valence-electron chi connectivity index (χ1n) is 7.45. The summed E-state index contributed by atoms with van der Waals surface area (Å²) in [6.07, 6.45) is 6.71. The number of fused-ring (bicyclic) bond motifs is 3. The highest BCUT2D eigenvalue weighted by atomic mass is 35.5. The molecule has 4 atom stereocenters. The van der Waals surface area contributed by atoms with Crippen LogP contribution in [0.2, 0.25) is 5.02 Å². The number of benzene rings is 1. The number of carbonyl (C=O) groups excluding carboxylic acids is 2. The SMILES string of the molecule is O=C1[C@H]2[C@H](C(=O)N1c1cccc(Cl)c1)[C@H]1C=C[C@H]2C12CC2. The van der Waals surface area contributed by atoms with Gasteiger partial charge in [0.15, 0.2) is 0 Å². The lowest BCUT2D eigenvalue weighted by molar-refractivity contribution is -0.123. The van der Waals surface area contributed by atoms with E-state index in [1.807, 2.05) is 0 Å². The number of hydrogen-bond acceptors (Lipinski definition) is 2. The van der Waals surface area contributed by atoms with Crippen LogP contribution >= 0.6 is 11.6 Å². The smallest absolute Gasteiger partial charge is 0.238 e. The van der Waals surface area contributed by atoms with Gasteiger partial charge in [0.2, 0.25) is 11.8 Å². The first kappa shape index (κ1) is 12.0. The largest absolute Gasteiger partial charge is 0.274 e. The molecule has 3 aliphatic carbocycles. The van der Waals surface area contributed by atoms with Crippen molar-refractivity contribution in [2.75, 3.05) is 4.90 Å². The van der Waals surface area contributed by atoms with E-state index < -0.39 is 0 Å². The molecule has 5 rings (SSSR count). The first-order valence-corrected chi connectivity index (χ1v) is 7.83. The van der Waals surface area contributed by atoms with Crippen molar-refractivity contribution in [1.82, 2.24) is 0 Å². The Kier molecular flexibility index (Phi) is 2.05. The lowest BCUT2D eigenvalue weighted by atomic mass is 9.85. The fourth-order valence-electron chi connectivity index (χ4n) is 4.95. The molecule has 21 heavy (non-hydrogen) atoms. The first-order chi connectivity index (χ1) is 10.1. The molecule has 3 nitrogen and oxygen atoms in total. The summed E-state index contributed by atoms with van der Waals surface area (Å²) in [7, 11) is 0. The van der Waals surface area contributed by atoms with Gasteiger partial charge in [-0.25, -0.2) is 4.90 Å². The maximum atomic E-state index is 12.8. The van der Waals surface area contributed by atoms with Crippen LogP contribution in [0.4, 0.5) is 5.69 Å². The van der Waals surface area contributed by atoms with E-state index in [1.165, 1.54) is 17.7 Å². The van der Waals surface area contributed by atoms with Crippen LogP contribution in [0.1, 0.15) is 12.8 Å². The molecule has 1 aromatic carbocycles.